The summed E-state index contributed by atoms with van der Waals surface area (Å²) in [5.41, 5.74) is 3.99. The van der Waals surface area contributed by atoms with Crippen molar-refractivity contribution in [2.75, 3.05) is 11.1 Å². The van der Waals surface area contributed by atoms with Crippen LogP contribution < -0.4 is 5.32 Å². The third-order valence-corrected chi connectivity index (χ3v) is 6.07. The van der Waals surface area contributed by atoms with Gasteiger partial charge >= 0.3 is 0 Å². The number of anilines is 1. The molecule has 0 radical (unpaired) electrons. The van der Waals surface area contributed by atoms with Gasteiger partial charge in [-0.25, -0.2) is 4.39 Å². The molecule has 0 aliphatic carbocycles. The fourth-order valence-corrected chi connectivity index (χ4v) is 4.30. The lowest BCUT2D eigenvalue weighted by Gasteiger charge is -2.20. The first-order chi connectivity index (χ1) is 14.8. The summed E-state index contributed by atoms with van der Waals surface area (Å²) in [6.07, 6.45) is 0. The second-order valence-corrected chi connectivity index (χ2v) is 8.96. The molecule has 0 aliphatic rings. The summed E-state index contributed by atoms with van der Waals surface area (Å²) in [5, 5.41) is 12.3. The van der Waals surface area contributed by atoms with Gasteiger partial charge in [-0.1, -0.05) is 57.7 Å². The van der Waals surface area contributed by atoms with E-state index in [1.54, 1.807) is 12.1 Å². The molecule has 0 unspecified atom stereocenters. The Morgan fingerprint density at radius 2 is 1.65 bits per heavy atom. The Hall–Kier alpha value is -2.67. The molecule has 0 spiro atoms. The van der Waals surface area contributed by atoms with Gasteiger partial charge in [-0.05, 0) is 54.2 Å². The molecule has 0 saturated carbocycles. The lowest BCUT2D eigenvalue weighted by atomic mass is 9.92. The van der Waals surface area contributed by atoms with Gasteiger partial charge in [-0.15, -0.1) is 10.2 Å². The number of rotatable bonds is 8. The van der Waals surface area contributed by atoms with Crippen molar-refractivity contribution in [2.24, 2.45) is 0 Å². The molecule has 3 aromatic rings. The van der Waals surface area contributed by atoms with Crippen LogP contribution in [0.4, 0.5) is 10.1 Å². The van der Waals surface area contributed by atoms with E-state index in [1.807, 2.05) is 11.5 Å². The Morgan fingerprint density at radius 3 is 2.19 bits per heavy atom. The maximum atomic E-state index is 13.2. The summed E-state index contributed by atoms with van der Waals surface area (Å²) in [7, 11) is 0. The summed E-state index contributed by atoms with van der Waals surface area (Å²) < 4.78 is 15.2. The fourth-order valence-electron chi connectivity index (χ4n) is 3.49. The van der Waals surface area contributed by atoms with Crippen molar-refractivity contribution in [3.8, 4) is 11.4 Å². The number of carbonyl (C=O) groups excluding carboxylic acids is 1. The van der Waals surface area contributed by atoms with Gasteiger partial charge in [0.2, 0.25) is 5.91 Å². The van der Waals surface area contributed by atoms with E-state index in [1.165, 1.54) is 23.9 Å². The highest BCUT2D eigenvalue weighted by molar-refractivity contribution is 7.99. The normalized spacial score (nSPS) is 11.4. The van der Waals surface area contributed by atoms with E-state index in [0.29, 0.717) is 29.4 Å². The van der Waals surface area contributed by atoms with Crippen LogP contribution in [0.15, 0.2) is 47.6 Å². The number of hydrogen-bond donors (Lipinski definition) is 1. The molecule has 0 fully saturated rings. The maximum Gasteiger partial charge on any atom is 0.234 e. The predicted octanol–water partition coefficient (Wildman–Crippen LogP) is 6.08. The number of amides is 1. The number of thioether (sulfide) groups is 1. The number of nitrogens with one attached hydrogen (secondary N) is 1. The quantitative estimate of drug-likeness (QED) is 0.431. The highest BCUT2D eigenvalue weighted by Crippen LogP contribution is 2.33. The van der Waals surface area contributed by atoms with Crippen molar-refractivity contribution in [2.45, 2.75) is 58.2 Å². The van der Waals surface area contributed by atoms with E-state index in [-0.39, 0.29) is 17.5 Å². The van der Waals surface area contributed by atoms with Gasteiger partial charge in [0.15, 0.2) is 11.0 Å². The van der Waals surface area contributed by atoms with Crippen LogP contribution in [0.3, 0.4) is 0 Å². The van der Waals surface area contributed by atoms with E-state index in [0.717, 1.165) is 22.4 Å². The van der Waals surface area contributed by atoms with Gasteiger partial charge in [0.05, 0.1) is 5.75 Å². The summed E-state index contributed by atoms with van der Waals surface area (Å²) in [5.74, 6) is 1.14. The highest BCUT2D eigenvalue weighted by Gasteiger charge is 2.18. The molecule has 7 heteroatoms. The molecule has 1 N–H and O–H groups in total. The van der Waals surface area contributed by atoms with Crippen LogP contribution >= 0.6 is 11.8 Å². The highest BCUT2D eigenvalue weighted by atomic mass is 32.2. The van der Waals surface area contributed by atoms with E-state index in [4.69, 9.17) is 0 Å². The minimum atomic E-state index is -0.292. The van der Waals surface area contributed by atoms with Crippen molar-refractivity contribution < 1.29 is 9.18 Å². The van der Waals surface area contributed by atoms with E-state index in [2.05, 4.69) is 61.4 Å². The number of hydrogen-bond acceptors (Lipinski definition) is 4. The van der Waals surface area contributed by atoms with Crippen LogP contribution in [-0.2, 0) is 11.3 Å². The van der Waals surface area contributed by atoms with Gasteiger partial charge in [0, 0.05) is 17.8 Å². The van der Waals surface area contributed by atoms with Crippen molar-refractivity contribution in [1.29, 1.82) is 0 Å². The molecule has 164 valence electrons. The predicted molar refractivity (Wildman–Crippen MR) is 125 cm³/mol. The average molecular weight is 441 g/mol. The van der Waals surface area contributed by atoms with E-state index < -0.39 is 0 Å². The monoisotopic (exact) mass is 440 g/mol. The zero-order valence-electron chi connectivity index (χ0n) is 18.6. The summed E-state index contributed by atoms with van der Waals surface area (Å²) >= 11 is 1.35. The fraction of sp³-hybridized carbons (Fsp3) is 0.375. The molecule has 0 aliphatic heterocycles. The summed E-state index contributed by atoms with van der Waals surface area (Å²) in [6, 6.07) is 12.4. The summed E-state index contributed by atoms with van der Waals surface area (Å²) in [6.45, 7) is 11.2. The van der Waals surface area contributed by atoms with E-state index in [9.17, 15) is 9.18 Å². The molecular formula is C24H29FN4OS. The first-order valence-electron chi connectivity index (χ1n) is 10.6. The Labute approximate surface area is 187 Å². The topological polar surface area (TPSA) is 59.8 Å². The van der Waals surface area contributed by atoms with Crippen LogP contribution in [0.25, 0.3) is 11.4 Å². The van der Waals surface area contributed by atoms with Crippen LogP contribution in [0.1, 0.15) is 57.6 Å². The van der Waals surface area contributed by atoms with Crippen LogP contribution in [0.2, 0.25) is 0 Å². The SMILES string of the molecule is CCn1c(SCC(=O)Nc2c(C(C)C)cccc2C(C)C)nnc1-c1ccc(F)cc1. The first kappa shape index (κ1) is 23.0. The lowest BCUT2D eigenvalue weighted by molar-refractivity contribution is -0.113. The molecule has 0 bridgehead atoms. The van der Waals surface area contributed by atoms with E-state index >= 15 is 0 Å². The van der Waals surface area contributed by atoms with Crippen LogP contribution in [0.5, 0.6) is 0 Å². The molecule has 1 aromatic heterocycles. The molecule has 3 rings (SSSR count). The van der Waals surface area contributed by atoms with Gasteiger partial charge in [-0.2, -0.15) is 0 Å². The van der Waals surface area contributed by atoms with Gasteiger partial charge in [-0.3, -0.25) is 4.79 Å². The lowest BCUT2D eigenvalue weighted by Crippen LogP contribution is -2.18. The summed E-state index contributed by atoms with van der Waals surface area (Å²) in [4.78, 5) is 12.8. The molecule has 31 heavy (non-hydrogen) atoms. The third-order valence-electron chi connectivity index (χ3n) is 5.11. The van der Waals surface area contributed by atoms with Crippen molar-refractivity contribution >= 4 is 23.4 Å². The third kappa shape index (κ3) is 5.34. The van der Waals surface area contributed by atoms with Crippen LogP contribution in [-0.4, -0.2) is 26.4 Å². The molecule has 1 amide bonds. The number of nitrogens with zero attached hydrogens (tertiary/aromatic N) is 3. The first-order valence-corrected chi connectivity index (χ1v) is 11.5. The molecule has 2 aromatic carbocycles. The second kappa shape index (κ2) is 10.1. The van der Waals surface area contributed by atoms with Gasteiger partial charge in [0.1, 0.15) is 5.82 Å². The molecular weight excluding hydrogens is 411 g/mol. The zero-order valence-corrected chi connectivity index (χ0v) is 19.5. The number of para-hydroxylation sites is 1. The Morgan fingerprint density at radius 1 is 1.03 bits per heavy atom. The zero-order chi connectivity index (χ0) is 22.5. The Kier molecular flexibility index (Phi) is 7.49. The number of halogens is 1. The second-order valence-electron chi connectivity index (χ2n) is 8.02. The number of benzene rings is 2. The van der Waals surface area contributed by atoms with Crippen molar-refractivity contribution in [3.63, 3.8) is 0 Å². The number of aromatic nitrogens is 3. The minimum absolute atomic E-state index is 0.0750. The molecule has 5 nitrogen and oxygen atoms in total. The van der Waals surface area contributed by atoms with Crippen molar-refractivity contribution in [1.82, 2.24) is 14.8 Å². The molecule has 0 saturated heterocycles. The minimum Gasteiger partial charge on any atom is -0.325 e. The van der Waals surface area contributed by atoms with Crippen LogP contribution in [0, 0.1) is 5.82 Å². The smallest absolute Gasteiger partial charge is 0.234 e. The Balaban J connectivity index is 1.76. The molecule has 1 heterocycles. The standard InChI is InChI=1S/C24H29FN4OS/c1-6-29-23(17-10-12-18(25)13-11-17)27-28-24(29)31-14-21(30)26-22-19(15(2)3)8-7-9-20(22)16(4)5/h7-13,15-16H,6,14H2,1-5H3,(H,26,30). The number of carbonyl (C=O) groups is 1. The van der Waals surface area contributed by atoms with Gasteiger partial charge in [0.25, 0.3) is 0 Å². The maximum absolute atomic E-state index is 13.2. The van der Waals surface area contributed by atoms with Crippen molar-refractivity contribution in [3.05, 3.63) is 59.4 Å². The Bertz CT molecular complexity index is 1020. The largest absolute Gasteiger partial charge is 0.325 e. The average Bonchev–Trinajstić information content (AvgIpc) is 3.15. The molecule has 0 atom stereocenters. The van der Waals surface area contributed by atoms with Gasteiger partial charge < -0.3 is 9.88 Å².